The quantitative estimate of drug-likeness (QED) is 0.563. The summed E-state index contributed by atoms with van der Waals surface area (Å²) in [6.45, 7) is 3.87. The standard InChI is InChI=1S/C7H15NO2/c1-6-4-10-5-7(8-6)2-3-9/h6-9H,2-5H2,1H3/t6-,7+/m1/s1. The van der Waals surface area contributed by atoms with E-state index >= 15 is 0 Å². The molecule has 10 heavy (non-hydrogen) atoms. The van der Waals surface area contributed by atoms with E-state index in [-0.39, 0.29) is 6.61 Å². The molecule has 1 rings (SSSR count). The number of hydrogen-bond acceptors (Lipinski definition) is 3. The lowest BCUT2D eigenvalue weighted by atomic mass is 10.2. The highest BCUT2D eigenvalue weighted by molar-refractivity contribution is 4.74. The second-order valence-electron chi connectivity index (χ2n) is 2.81. The van der Waals surface area contributed by atoms with Crippen LogP contribution in [0.2, 0.25) is 0 Å². The first kappa shape index (κ1) is 7.98. The number of rotatable bonds is 2. The first-order valence-electron chi connectivity index (χ1n) is 3.77. The van der Waals surface area contributed by atoms with Gasteiger partial charge in [0.25, 0.3) is 0 Å². The van der Waals surface area contributed by atoms with Crippen LogP contribution < -0.4 is 5.32 Å². The lowest BCUT2D eigenvalue weighted by Gasteiger charge is -2.28. The Morgan fingerprint density at radius 2 is 2.40 bits per heavy atom. The van der Waals surface area contributed by atoms with Gasteiger partial charge in [0.1, 0.15) is 0 Å². The summed E-state index contributed by atoms with van der Waals surface area (Å²) in [5, 5.41) is 11.9. The molecule has 0 radical (unpaired) electrons. The fraction of sp³-hybridized carbons (Fsp3) is 1.00. The zero-order chi connectivity index (χ0) is 7.40. The van der Waals surface area contributed by atoms with Crippen molar-refractivity contribution in [2.24, 2.45) is 0 Å². The van der Waals surface area contributed by atoms with Gasteiger partial charge >= 0.3 is 0 Å². The summed E-state index contributed by atoms with van der Waals surface area (Å²) >= 11 is 0. The number of aliphatic hydroxyl groups excluding tert-OH is 1. The lowest BCUT2D eigenvalue weighted by Crippen LogP contribution is -2.47. The van der Waals surface area contributed by atoms with Gasteiger partial charge in [0.2, 0.25) is 0 Å². The van der Waals surface area contributed by atoms with E-state index in [0.717, 1.165) is 19.6 Å². The summed E-state index contributed by atoms with van der Waals surface area (Å²) in [5.74, 6) is 0. The molecule has 0 amide bonds. The highest BCUT2D eigenvalue weighted by Crippen LogP contribution is 2.01. The van der Waals surface area contributed by atoms with Crippen LogP contribution in [0.4, 0.5) is 0 Å². The normalized spacial score (nSPS) is 34.2. The molecule has 3 heteroatoms. The van der Waals surface area contributed by atoms with Crippen molar-refractivity contribution in [1.29, 1.82) is 0 Å². The van der Waals surface area contributed by atoms with E-state index in [1.807, 2.05) is 0 Å². The van der Waals surface area contributed by atoms with Crippen LogP contribution in [0.3, 0.4) is 0 Å². The molecule has 1 aliphatic heterocycles. The summed E-state index contributed by atoms with van der Waals surface area (Å²) in [6.07, 6.45) is 0.796. The van der Waals surface area contributed by atoms with Gasteiger partial charge in [-0.15, -0.1) is 0 Å². The molecule has 0 unspecified atom stereocenters. The molecule has 2 atom stereocenters. The van der Waals surface area contributed by atoms with Crippen molar-refractivity contribution in [3.8, 4) is 0 Å². The van der Waals surface area contributed by atoms with Crippen molar-refractivity contribution in [2.45, 2.75) is 25.4 Å². The van der Waals surface area contributed by atoms with Crippen molar-refractivity contribution in [3.63, 3.8) is 0 Å². The highest BCUT2D eigenvalue weighted by Gasteiger charge is 2.16. The Bertz CT molecular complexity index is 95.6. The van der Waals surface area contributed by atoms with Gasteiger partial charge in [-0.3, -0.25) is 0 Å². The van der Waals surface area contributed by atoms with E-state index in [1.165, 1.54) is 0 Å². The van der Waals surface area contributed by atoms with Crippen LogP contribution in [0.15, 0.2) is 0 Å². The van der Waals surface area contributed by atoms with Crippen LogP contribution in [0.5, 0.6) is 0 Å². The molecule has 2 N–H and O–H groups in total. The zero-order valence-electron chi connectivity index (χ0n) is 6.34. The molecular weight excluding hydrogens is 130 g/mol. The van der Waals surface area contributed by atoms with Gasteiger partial charge in [0, 0.05) is 18.7 Å². The number of hydrogen-bond donors (Lipinski definition) is 2. The summed E-state index contributed by atoms with van der Waals surface area (Å²) in [6, 6.07) is 0.791. The maximum absolute atomic E-state index is 8.61. The average molecular weight is 145 g/mol. The molecule has 0 saturated carbocycles. The molecule has 60 valence electrons. The van der Waals surface area contributed by atoms with E-state index in [0.29, 0.717) is 12.1 Å². The molecule has 0 spiro atoms. The van der Waals surface area contributed by atoms with Crippen molar-refractivity contribution in [2.75, 3.05) is 19.8 Å². The monoisotopic (exact) mass is 145 g/mol. The van der Waals surface area contributed by atoms with Crippen LogP contribution in [-0.4, -0.2) is 37.0 Å². The van der Waals surface area contributed by atoms with Gasteiger partial charge in [-0.2, -0.15) is 0 Å². The van der Waals surface area contributed by atoms with Gasteiger partial charge in [0.05, 0.1) is 13.2 Å². The third-order valence-corrected chi connectivity index (χ3v) is 1.68. The predicted octanol–water partition coefficient (Wildman–Crippen LogP) is -0.254. The summed E-state index contributed by atoms with van der Waals surface area (Å²) in [4.78, 5) is 0. The van der Waals surface area contributed by atoms with Crippen LogP contribution in [-0.2, 0) is 4.74 Å². The topological polar surface area (TPSA) is 41.5 Å². The predicted molar refractivity (Wildman–Crippen MR) is 38.9 cm³/mol. The maximum atomic E-state index is 8.61. The SMILES string of the molecule is C[C@@H]1COC[C@H](CCO)N1. The molecule has 0 bridgehead atoms. The van der Waals surface area contributed by atoms with Gasteiger partial charge in [-0.1, -0.05) is 0 Å². The van der Waals surface area contributed by atoms with Crippen LogP contribution >= 0.6 is 0 Å². The van der Waals surface area contributed by atoms with Crippen molar-refractivity contribution < 1.29 is 9.84 Å². The van der Waals surface area contributed by atoms with Gasteiger partial charge in [0.15, 0.2) is 0 Å². The molecule has 0 aromatic rings. The minimum atomic E-state index is 0.244. The molecule has 1 aliphatic rings. The van der Waals surface area contributed by atoms with Crippen molar-refractivity contribution in [3.05, 3.63) is 0 Å². The highest BCUT2D eigenvalue weighted by atomic mass is 16.5. The van der Waals surface area contributed by atoms with Gasteiger partial charge in [-0.05, 0) is 13.3 Å². The Hall–Kier alpha value is -0.120. The van der Waals surface area contributed by atoms with Crippen molar-refractivity contribution in [1.82, 2.24) is 5.32 Å². The minimum Gasteiger partial charge on any atom is -0.396 e. The van der Waals surface area contributed by atoms with E-state index in [9.17, 15) is 0 Å². The fourth-order valence-electron chi connectivity index (χ4n) is 1.21. The summed E-state index contributed by atoms with van der Waals surface area (Å²) in [5.41, 5.74) is 0. The number of aliphatic hydroxyl groups is 1. The Morgan fingerprint density at radius 1 is 1.60 bits per heavy atom. The first-order valence-corrected chi connectivity index (χ1v) is 3.77. The van der Waals surface area contributed by atoms with Crippen LogP contribution in [0.25, 0.3) is 0 Å². The Labute approximate surface area is 61.4 Å². The molecule has 1 saturated heterocycles. The second-order valence-corrected chi connectivity index (χ2v) is 2.81. The third-order valence-electron chi connectivity index (χ3n) is 1.68. The van der Waals surface area contributed by atoms with E-state index < -0.39 is 0 Å². The third kappa shape index (κ3) is 2.25. The smallest absolute Gasteiger partial charge is 0.0621 e. The van der Waals surface area contributed by atoms with E-state index in [2.05, 4.69) is 12.2 Å². The molecule has 0 aromatic carbocycles. The Morgan fingerprint density at radius 3 is 3.00 bits per heavy atom. The molecule has 1 heterocycles. The van der Waals surface area contributed by atoms with Gasteiger partial charge < -0.3 is 15.2 Å². The van der Waals surface area contributed by atoms with Crippen LogP contribution in [0.1, 0.15) is 13.3 Å². The lowest BCUT2D eigenvalue weighted by molar-refractivity contribution is 0.0428. The molecule has 0 aliphatic carbocycles. The van der Waals surface area contributed by atoms with Crippen LogP contribution in [0, 0.1) is 0 Å². The average Bonchev–Trinajstić information content (AvgIpc) is 1.88. The molecule has 1 fully saturated rings. The zero-order valence-corrected chi connectivity index (χ0v) is 6.34. The van der Waals surface area contributed by atoms with Gasteiger partial charge in [-0.25, -0.2) is 0 Å². The maximum Gasteiger partial charge on any atom is 0.0621 e. The van der Waals surface area contributed by atoms with E-state index in [4.69, 9.17) is 9.84 Å². The minimum absolute atomic E-state index is 0.244. The molecule has 0 aromatic heterocycles. The number of nitrogens with one attached hydrogen (secondary N) is 1. The number of ether oxygens (including phenoxy) is 1. The second kappa shape index (κ2) is 3.91. The van der Waals surface area contributed by atoms with E-state index in [1.54, 1.807) is 0 Å². The van der Waals surface area contributed by atoms with Crippen molar-refractivity contribution >= 4 is 0 Å². The summed E-state index contributed by atoms with van der Waals surface area (Å²) in [7, 11) is 0. The Balaban J connectivity index is 2.18. The molecular formula is C7H15NO2. The first-order chi connectivity index (χ1) is 4.83. The molecule has 3 nitrogen and oxygen atoms in total. The summed E-state index contributed by atoms with van der Waals surface area (Å²) < 4.78 is 5.27. The largest absolute Gasteiger partial charge is 0.396 e. The number of morpholine rings is 1. The Kier molecular flexibility index (Phi) is 3.12. The fourth-order valence-corrected chi connectivity index (χ4v) is 1.21.